The van der Waals surface area contributed by atoms with Crippen molar-refractivity contribution >= 4 is 5.65 Å². The molecule has 0 fully saturated rings. The molecule has 0 amide bonds. The molecule has 0 saturated heterocycles. The molecule has 0 radical (unpaired) electrons. The molecular formula is C19H12F3N3O2. The lowest BCUT2D eigenvalue weighted by atomic mass is 10.1. The predicted molar refractivity (Wildman–Crippen MR) is 93.4 cm³/mol. The Balaban J connectivity index is 1.84. The van der Waals surface area contributed by atoms with Crippen LogP contribution in [0.5, 0.6) is 5.88 Å². The molecule has 2 aromatic heterocycles. The zero-order chi connectivity index (χ0) is 19.2. The monoisotopic (exact) mass is 371 g/mol. The molecule has 4 rings (SSSR count). The molecule has 0 bridgehead atoms. The SMILES string of the molecule is O=c1[nH]c2cc(-c3ccc(C(F)(F)F)cc3)nn2c(O)c1-c1ccccc1. The Labute approximate surface area is 150 Å². The first-order valence-corrected chi connectivity index (χ1v) is 7.92. The van der Waals surface area contributed by atoms with Gasteiger partial charge in [-0.3, -0.25) is 4.79 Å². The standard InChI is InChI=1S/C19H12F3N3O2/c20-19(21,22)13-8-6-11(7-9-13)14-10-15-23-17(26)16(18(27)25(15)24-14)12-4-2-1-3-5-12/h1-10,27H,(H,23,26). The fraction of sp³-hybridized carbons (Fsp3) is 0.0526. The van der Waals surface area contributed by atoms with Gasteiger partial charge >= 0.3 is 6.18 Å². The largest absolute Gasteiger partial charge is 0.493 e. The Kier molecular flexibility index (Phi) is 3.76. The Morgan fingerprint density at radius 2 is 1.63 bits per heavy atom. The molecule has 27 heavy (non-hydrogen) atoms. The highest BCUT2D eigenvalue weighted by molar-refractivity contribution is 5.71. The van der Waals surface area contributed by atoms with Crippen LogP contribution in [0.2, 0.25) is 0 Å². The molecule has 0 aliphatic carbocycles. The summed E-state index contributed by atoms with van der Waals surface area (Å²) in [4.78, 5) is 15.0. The van der Waals surface area contributed by atoms with Crippen LogP contribution in [-0.4, -0.2) is 19.7 Å². The number of nitrogens with one attached hydrogen (secondary N) is 1. The molecule has 0 aliphatic heterocycles. The number of hydrogen-bond donors (Lipinski definition) is 2. The minimum Gasteiger partial charge on any atom is -0.493 e. The van der Waals surface area contributed by atoms with E-state index in [1.54, 1.807) is 30.3 Å². The minimum atomic E-state index is -4.43. The molecular weight excluding hydrogens is 359 g/mol. The van der Waals surface area contributed by atoms with Gasteiger partial charge in [-0.1, -0.05) is 42.5 Å². The summed E-state index contributed by atoms with van der Waals surface area (Å²) in [5.41, 5.74) is 0.290. The van der Waals surface area contributed by atoms with Crippen molar-refractivity contribution in [3.05, 3.63) is 76.6 Å². The van der Waals surface area contributed by atoms with Crippen LogP contribution in [0.15, 0.2) is 65.5 Å². The predicted octanol–water partition coefficient (Wildman–Crippen LogP) is 4.08. The number of H-pyrrole nitrogens is 1. The zero-order valence-corrected chi connectivity index (χ0v) is 13.7. The molecule has 0 spiro atoms. The van der Waals surface area contributed by atoms with Crippen molar-refractivity contribution in [2.75, 3.05) is 0 Å². The van der Waals surface area contributed by atoms with Gasteiger partial charge in [-0.15, -0.1) is 0 Å². The summed E-state index contributed by atoms with van der Waals surface area (Å²) in [6.45, 7) is 0. The van der Waals surface area contributed by atoms with Gasteiger partial charge < -0.3 is 10.1 Å². The molecule has 0 unspecified atom stereocenters. The smallest absolute Gasteiger partial charge is 0.416 e. The van der Waals surface area contributed by atoms with Gasteiger partial charge in [-0.2, -0.15) is 22.8 Å². The molecule has 0 saturated carbocycles. The second-order valence-corrected chi connectivity index (χ2v) is 5.92. The van der Waals surface area contributed by atoms with Crippen molar-refractivity contribution in [1.82, 2.24) is 14.6 Å². The first-order chi connectivity index (χ1) is 12.8. The number of aromatic nitrogens is 3. The quantitative estimate of drug-likeness (QED) is 0.558. The van der Waals surface area contributed by atoms with Crippen molar-refractivity contribution in [1.29, 1.82) is 0 Å². The Hall–Kier alpha value is -3.55. The molecule has 0 atom stereocenters. The molecule has 5 nitrogen and oxygen atoms in total. The van der Waals surface area contributed by atoms with E-state index in [-0.39, 0.29) is 17.1 Å². The molecule has 2 aromatic carbocycles. The van der Waals surface area contributed by atoms with E-state index in [0.29, 0.717) is 16.8 Å². The van der Waals surface area contributed by atoms with Crippen LogP contribution < -0.4 is 5.56 Å². The lowest BCUT2D eigenvalue weighted by Gasteiger charge is -2.06. The maximum absolute atomic E-state index is 12.7. The van der Waals surface area contributed by atoms with Crippen molar-refractivity contribution in [2.24, 2.45) is 0 Å². The highest BCUT2D eigenvalue weighted by Gasteiger charge is 2.30. The average molecular weight is 371 g/mol. The highest BCUT2D eigenvalue weighted by atomic mass is 19.4. The van der Waals surface area contributed by atoms with Crippen molar-refractivity contribution in [3.63, 3.8) is 0 Å². The molecule has 136 valence electrons. The maximum atomic E-state index is 12.7. The third-order valence-electron chi connectivity index (χ3n) is 4.17. The number of halogens is 3. The summed E-state index contributed by atoms with van der Waals surface area (Å²) in [6.07, 6.45) is -4.43. The number of nitrogens with zero attached hydrogens (tertiary/aromatic N) is 2. The summed E-state index contributed by atoms with van der Waals surface area (Å²) in [7, 11) is 0. The van der Waals surface area contributed by atoms with Gasteiger partial charge in [-0.25, -0.2) is 0 Å². The zero-order valence-electron chi connectivity index (χ0n) is 13.7. The number of aromatic hydroxyl groups is 1. The van der Waals surface area contributed by atoms with E-state index >= 15 is 0 Å². The first kappa shape index (κ1) is 16.9. The second-order valence-electron chi connectivity index (χ2n) is 5.92. The number of alkyl halides is 3. The van der Waals surface area contributed by atoms with E-state index in [4.69, 9.17) is 0 Å². The second kappa shape index (κ2) is 6.01. The maximum Gasteiger partial charge on any atom is 0.416 e. The normalized spacial score (nSPS) is 11.8. The number of rotatable bonds is 2. The number of benzene rings is 2. The van der Waals surface area contributed by atoms with Crippen LogP contribution in [0.25, 0.3) is 28.0 Å². The van der Waals surface area contributed by atoms with Crippen LogP contribution in [0.4, 0.5) is 13.2 Å². The van der Waals surface area contributed by atoms with Crippen LogP contribution in [0, 0.1) is 0 Å². The number of aromatic amines is 1. The first-order valence-electron chi connectivity index (χ1n) is 7.92. The highest BCUT2D eigenvalue weighted by Crippen LogP contribution is 2.31. The number of hydrogen-bond acceptors (Lipinski definition) is 3. The van der Waals surface area contributed by atoms with E-state index in [9.17, 15) is 23.1 Å². The topological polar surface area (TPSA) is 70.4 Å². The van der Waals surface area contributed by atoms with Gasteiger partial charge in [0.1, 0.15) is 11.2 Å². The van der Waals surface area contributed by atoms with Gasteiger partial charge in [0.15, 0.2) is 0 Å². The molecule has 2 heterocycles. The fourth-order valence-electron chi connectivity index (χ4n) is 2.85. The van der Waals surface area contributed by atoms with Gasteiger partial charge in [0.25, 0.3) is 5.56 Å². The Morgan fingerprint density at radius 1 is 0.963 bits per heavy atom. The van der Waals surface area contributed by atoms with E-state index < -0.39 is 17.3 Å². The van der Waals surface area contributed by atoms with Crippen LogP contribution >= 0.6 is 0 Å². The van der Waals surface area contributed by atoms with E-state index in [1.807, 2.05) is 0 Å². The van der Waals surface area contributed by atoms with Gasteiger partial charge in [0.2, 0.25) is 5.88 Å². The van der Waals surface area contributed by atoms with Crippen LogP contribution in [0.3, 0.4) is 0 Å². The lowest BCUT2D eigenvalue weighted by Crippen LogP contribution is -2.12. The molecule has 0 aliphatic rings. The van der Waals surface area contributed by atoms with Crippen molar-refractivity contribution < 1.29 is 18.3 Å². The van der Waals surface area contributed by atoms with E-state index in [0.717, 1.165) is 16.6 Å². The number of fused-ring (bicyclic) bond motifs is 1. The fourth-order valence-corrected chi connectivity index (χ4v) is 2.85. The lowest BCUT2D eigenvalue weighted by molar-refractivity contribution is -0.137. The Morgan fingerprint density at radius 3 is 2.26 bits per heavy atom. The summed E-state index contributed by atoms with van der Waals surface area (Å²) in [5, 5.41) is 14.7. The van der Waals surface area contributed by atoms with E-state index in [1.165, 1.54) is 18.2 Å². The van der Waals surface area contributed by atoms with Crippen molar-refractivity contribution in [3.8, 4) is 28.3 Å². The summed E-state index contributed by atoms with van der Waals surface area (Å²) in [5.74, 6) is -0.349. The van der Waals surface area contributed by atoms with Crippen molar-refractivity contribution in [2.45, 2.75) is 6.18 Å². The van der Waals surface area contributed by atoms with Gasteiger partial charge in [0.05, 0.1) is 11.3 Å². The summed E-state index contributed by atoms with van der Waals surface area (Å²) >= 11 is 0. The average Bonchev–Trinajstić information content (AvgIpc) is 3.06. The summed E-state index contributed by atoms with van der Waals surface area (Å²) < 4.78 is 39.2. The van der Waals surface area contributed by atoms with E-state index in [2.05, 4.69) is 10.1 Å². The van der Waals surface area contributed by atoms with Gasteiger partial charge in [-0.05, 0) is 17.7 Å². The Bertz CT molecular complexity index is 1180. The third-order valence-corrected chi connectivity index (χ3v) is 4.17. The minimum absolute atomic E-state index is 0.0603. The third kappa shape index (κ3) is 2.95. The molecule has 8 heteroatoms. The van der Waals surface area contributed by atoms with Crippen LogP contribution in [-0.2, 0) is 6.18 Å². The van der Waals surface area contributed by atoms with Crippen LogP contribution in [0.1, 0.15) is 5.56 Å². The molecule has 4 aromatic rings. The summed E-state index contributed by atoms with van der Waals surface area (Å²) in [6, 6.07) is 14.6. The molecule has 2 N–H and O–H groups in total. The van der Waals surface area contributed by atoms with Gasteiger partial charge in [0, 0.05) is 11.6 Å².